The molecule has 3 amide bonds. The largest absolute Gasteiger partial charge is 0.444 e. The lowest BCUT2D eigenvalue weighted by Gasteiger charge is -2.39. The molecule has 0 unspecified atom stereocenters. The molecule has 7 nitrogen and oxygen atoms in total. The normalized spacial score (nSPS) is 21.6. The molecule has 7 heteroatoms. The van der Waals surface area contributed by atoms with Gasteiger partial charge in [0.25, 0.3) is 0 Å². The van der Waals surface area contributed by atoms with Gasteiger partial charge >= 0.3 is 12.1 Å². The van der Waals surface area contributed by atoms with Crippen molar-refractivity contribution in [2.45, 2.75) is 44.8 Å². The summed E-state index contributed by atoms with van der Waals surface area (Å²) >= 11 is 0. The number of nitrogens with two attached hydrogens (primary N) is 1. The van der Waals surface area contributed by atoms with Gasteiger partial charge in [0, 0.05) is 32.7 Å². The van der Waals surface area contributed by atoms with E-state index in [1.807, 2.05) is 20.8 Å². The lowest BCUT2D eigenvalue weighted by molar-refractivity contribution is 0.0161. The number of nitrogens with zero attached hydrogens (tertiary/aromatic N) is 2. The molecule has 2 aliphatic heterocycles. The third-order valence-corrected chi connectivity index (χ3v) is 3.92. The molecule has 21 heavy (non-hydrogen) atoms. The summed E-state index contributed by atoms with van der Waals surface area (Å²) < 4.78 is 5.38. The number of hydrogen-bond donors (Lipinski definition) is 2. The van der Waals surface area contributed by atoms with Gasteiger partial charge in [0.05, 0.1) is 5.54 Å². The fourth-order valence-corrected chi connectivity index (χ4v) is 2.85. The summed E-state index contributed by atoms with van der Waals surface area (Å²) in [5, 5.41) is 3.06. The van der Waals surface area contributed by atoms with E-state index in [2.05, 4.69) is 5.32 Å². The maximum atomic E-state index is 12.0. The van der Waals surface area contributed by atoms with Gasteiger partial charge in [0.1, 0.15) is 5.60 Å². The molecule has 2 rings (SSSR count). The summed E-state index contributed by atoms with van der Waals surface area (Å²) in [5.74, 6) is 0. The fraction of sp³-hybridized carbons (Fsp3) is 0.857. The summed E-state index contributed by atoms with van der Waals surface area (Å²) in [6.07, 6.45) is 1.22. The predicted octanol–water partition coefficient (Wildman–Crippen LogP) is 0.740. The molecule has 0 saturated carbocycles. The van der Waals surface area contributed by atoms with Crippen molar-refractivity contribution >= 4 is 12.1 Å². The number of carbonyl (C=O) groups is 2. The molecule has 0 radical (unpaired) electrons. The van der Waals surface area contributed by atoms with E-state index in [1.165, 1.54) is 0 Å². The smallest absolute Gasteiger partial charge is 0.410 e. The first kappa shape index (κ1) is 15.9. The molecule has 0 bridgehead atoms. The molecule has 0 aromatic rings. The number of nitrogens with one attached hydrogen (secondary N) is 1. The molecule has 120 valence electrons. The second-order valence-electron chi connectivity index (χ2n) is 6.89. The number of urea groups is 1. The standard InChI is InChI=1S/C14H26N4O3/c1-13(2,3)21-12(20)17-7-4-14(5-8-17)10-18(9-6-15)11(19)16-14/h4-10,15H2,1-3H3,(H,16,19). The van der Waals surface area contributed by atoms with Crippen molar-refractivity contribution in [1.29, 1.82) is 0 Å². The molecule has 0 aliphatic carbocycles. The minimum atomic E-state index is -0.480. The van der Waals surface area contributed by atoms with Gasteiger partial charge in [-0.1, -0.05) is 0 Å². The predicted molar refractivity (Wildman–Crippen MR) is 78.9 cm³/mol. The Morgan fingerprint density at radius 3 is 2.52 bits per heavy atom. The van der Waals surface area contributed by atoms with Gasteiger partial charge in [-0.2, -0.15) is 0 Å². The third-order valence-electron chi connectivity index (χ3n) is 3.92. The minimum Gasteiger partial charge on any atom is -0.444 e. The highest BCUT2D eigenvalue weighted by atomic mass is 16.6. The highest BCUT2D eigenvalue weighted by Crippen LogP contribution is 2.28. The van der Waals surface area contributed by atoms with Gasteiger partial charge in [-0.3, -0.25) is 0 Å². The highest BCUT2D eigenvalue weighted by Gasteiger charge is 2.45. The van der Waals surface area contributed by atoms with E-state index in [4.69, 9.17) is 10.5 Å². The Kier molecular flexibility index (Phi) is 4.32. The molecule has 0 aromatic carbocycles. The van der Waals surface area contributed by atoms with E-state index in [-0.39, 0.29) is 17.7 Å². The SMILES string of the molecule is CC(C)(C)OC(=O)N1CCC2(CC1)CN(CCN)C(=O)N2. The van der Waals surface area contributed by atoms with Crippen LogP contribution < -0.4 is 11.1 Å². The van der Waals surface area contributed by atoms with Crippen molar-refractivity contribution in [2.75, 3.05) is 32.7 Å². The first-order chi connectivity index (χ1) is 9.75. The summed E-state index contributed by atoms with van der Waals surface area (Å²) in [7, 11) is 0. The van der Waals surface area contributed by atoms with Crippen LogP contribution in [0.4, 0.5) is 9.59 Å². The van der Waals surface area contributed by atoms with Crippen molar-refractivity contribution in [3.63, 3.8) is 0 Å². The Hall–Kier alpha value is -1.50. The monoisotopic (exact) mass is 298 g/mol. The van der Waals surface area contributed by atoms with Gasteiger partial charge in [0.2, 0.25) is 0 Å². The van der Waals surface area contributed by atoms with E-state index < -0.39 is 5.60 Å². The zero-order valence-electron chi connectivity index (χ0n) is 13.1. The molecule has 2 aliphatic rings. The first-order valence-electron chi connectivity index (χ1n) is 7.50. The van der Waals surface area contributed by atoms with Crippen molar-refractivity contribution in [3.05, 3.63) is 0 Å². The molecule has 1 spiro atoms. The Morgan fingerprint density at radius 2 is 2.00 bits per heavy atom. The van der Waals surface area contributed by atoms with Crippen molar-refractivity contribution in [1.82, 2.24) is 15.1 Å². The van der Waals surface area contributed by atoms with E-state index in [1.54, 1.807) is 9.80 Å². The topological polar surface area (TPSA) is 87.9 Å². The van der Waals surface area contributed by atoms with E-state index in [9.17, 15) is 9.59 Å². The van der Waals surface area contributed by atoms with Crippen LogP contribution in [0.3, 0.4) is 0 Å². The number of hydrogen-bond acceptors (Lipinski definition) is 4. The van der Waals surface area contributed by atoms with E-state index in [0.29, 0.717) is 32.7 Å². The van der Waals surface area contributed by atoms with Crippen molar-refractivity contribution < 1.29 is 14.3 Å². The van der Waals surface area contributed by atoms with Gasteiger partial charge in [0.15, 0.2) is 0 Å². The van der Waals surface area contributed by atoms with Crippen LogP contribution in [-0.4, -0.2) is 65.8 Å². The van der Waals surface area contributed by atoms with Crippen LogP contribution >= 0.6 is 0 Å². The average Bonchev–Trinajstić information content (AvgIpc) is 2.65. The number of piperidine rings is 1. The van der Waals surface area contributed by atoms with E-state index >= 15 is 0 Å². The molecular weight excluding hydrogens is 272 g/mol. The Bertz CT molecular complexity index is 411. The van der Waals surface area contributed by atoms with Crippen LogP contribution in [0.2, 0.25) is 0 Å². The number of amides is 3. The zero-order chi connectivity index (χ0) is 15.7. The minimum absolute atomic E-state index is 0.0498. The molecule has 2 saturated heterocycles. The van der Waals surface area contributed by atoms with E-state index in [0.717, 1.165) is 12.8 Å². The molecule has 0 atom stereocenters. The summed E-state index contributed by atoms with van der Waals surface area (Å²) in [6.45, 7) is 8.49. The van der Waals surface area contributed by atoms with Gasteiger partial charge in [-0.15, -0.1) is 0 Å². The second-order valence-corrected chi connectivity index (χ2v) is 6.89. The molecule has 2 heterocycles. The van der Waals surface area contributed by atoms with Crippen molar-refractivity contribution in [3.8, 4) is 0 Å². The Labute approximate surface area is 125 Å². The summed E-state index contributed by atoms with van der Waals surface area (Å²) in [6, 6.07) is -0.0498. The maximum Gasteiger partial charge on any atom is 0.410 e. The second kappa shape index (κ2) is 5.71. The number of likely N-dealkylation sites (tertiary alicyclic amines) is 1. The molecule has 3 N–H and O–H groups in total. The van der Waals surface area contributed by atoms with Crippen LogP contribution in [0.1, 0.15) is 33.6 Å². The highest BCUT2D eigenvalue weighted by molar-refractivity contribution is 5.78. The van der Waals surface area contributed by atoms with Crippen LogP contribution in [0, 0.1) is 0 Å². The van der Waals surface area contributed by atoms with Gasteiger partial charge < -0.3 is 25.6 Å². The van der Waals surface area contributed by atoms with Crippen LogP contribution in [0.15, 0.2) is 0 Å². The summed E-state index contributed by atoms with van der Waals surface area (Å²) in [4.78, 5) is 27.4. The number of ether oxygens (including phenoxy) is 1. The molecule has 0 aromatic heterocycles. The quantitative estimate of drug-likeness (QED) is 0.787. The van der Waals surface area contributed by atoms with Gasteiger partial charge in [-0.05, 0) is 33.6 Å². The lowest BCUT2D eigenvalue weighted by atomic mass is 9.88. The molecular formula is C14H26N4O3. The first-order valence-corrected chi connectivity index (χ1v) is 7.50. The molecule has 2 fully saturated rings. The summed E-state index contributed by atoms with van der Waals surface area (Å²) in [5.41, 5.74) is 4.82. The fourth-order valence-electron chi connectivity index (χ4n) is 2.85. The zero-order valence-corrected chi connectivity index (χ0v) is 13.1. The van der Waals surface area contributed by atoms with Crippen LogP contribution in [0.5, 0.6) is 0 Å². The Morgan fingerprint density at radius 1 is 1.38 bits per heavy atom. The average molecular weight is 298 g/mol. The van der Waals surface area contributed by atoms with Crippen LogP contribution in [-0.2, 0) is 4.74 Å². The lowest BCUT2D eigenvalue weighted by Crippen LogP contribution is -2.54. The van der Waals surface area contributed by atoms with Crippen molar-refractivity contribution in [2.24, 2.45) is 5.73 Å². The van der Waals surface area contributed by atoms with Crippen LogP contribution in [0.25, 0.3) is 0 Å². The number of rotatable bonds is 2. The van der Waals surface area contributed by atoms with Gasteiger partial charge in [-0.25, -0.2) is 9.59 Å². The number of carbonyl (C=O) groups excluding carboxylic acids is 2. The Balaban J connectivity index is 1.89. The maximum absolute atomic E-state index is 12.0. The third kappa shape index (κ3) is 3.78.